The number of fused-ring (bicyclic) bond motifs is 1. The Morgan fingerprint density at radius 1 is 1.50 bits per heavy atom. The summed E-state index contributed by atoms with van der Waals surface area (Å²) in [4.78, 5) is 14.6. The Morgan fingerprint density at radius 2 is 2.38 bits per heavy atom. The number of benzene rings is 1. The van der Waals surface area contributed by atoms with Crippen molar-refractivity contribution in [1.29, 1.82) is 0 Å². The minimum Gasteiger partial charge on any atom is -0.381 e. The third kappa shape index (κ3) is 3.78. The number of hydrogen-bond donors (Lipinski definition) is 0. The Balaban J connectivity index is 1.69. The molecule has 5 heteroatoms. The van der Waals surface area contributed by atoms with Crippen LogP contribution in [0.3, 0.4) is 0 Å². The van der Waals surface area contributed by atoms with Gasteiger partial charge in [0.2, 0.25) is 5.91 Å². The summed E-state index contributed by atoms with van der Waals surface area (Å²) in [6.45, 7) is 5.48. The van der Waals surface area contributed by atoms with Gasteiger partial charge >= 0.3 is 0 Å². The summed E-state index contributed by atoms with van der Waals surface area (Å²) < 4.78 is 25.0. The molecule has 2 aliphatic heterocycles. The van der Waals surface area contributed by atoms with E-state index in [1.165, 1.54) is 12.1 Å². The molecule has 24 heavy (non-hydrogen) atoms. The number of carbonyl (C=O) groups excluding carboxylic acids is 1. The van der Waals surface area contributed by atoms with Gasteiger partial charge in [0.15, 0.2) is 0 Å². The maximum absolute atomic E-state index is 13.3. The van der Waals surface area contributed by atoms with Crippen LogP contribution in [0.15, 0.2) is 24.3 Å². The summed E-state index contributed by atoms with van der Waals surface area (Å²) >= 11 is 0. The van der Waals surface area contributed by atoms with E-state index >= 15 is 0 Å². The molecule has 0 unspecified atom stereocenters. The normalized spacial score (nSPS) is 26.9. The van der Waals surface area contributed by atoms with Crippen molar-refractivity contribution in [3.63, 3.8) is 0 Å². The van der Waals surface area contributed by atoms with Gasteiger partial charge in [-0.1, -0.05) is 12.1 Å². The van der Waals surface area contributed by atoms with Crippen molar-refractivity contribution in [3.8, 4) is 0 Å². The molecule has 2 saturated heterocycles. The highest BCUT2D eigenvalue weighted by Crippen LogP contribution is 2.40. The van der Waals surface area contributed by atoms with Crippen LogP contribution in [0.1, 0.15) is 31.7 Å². The van der Waals surface area contributed by atoms with E-state index in [0.717, 1.165) is 31.4 Å². The van der Waals surface area contributed by atoms with Gasteiger partial charge in [-0.3, -0.25) is 4.79 Å². The average Bonchev–Trinajstić information content (AvgIpc) is 2.59. The lowest BCUT2D eigenvalue weighted by Gasteiger charge is -2.50. The minimum atomic E-state index is -0.299. The number of piperidine rings is 1. The van der Waals surface area contributed by atoms with Crippen molar-refractivity contribution in [2.24, 2.45) is 5.41 Å². The molecule has 132 valence electrons. The second-order valence-electron chi connectivity index (χ2n) is 6.87. The number of hydrogen-bond acceptors (Lipinski definition) is 3. The number of ether oxygens (including phenoxy) is 2. The van der Waals surface area contributed by atoms with Gasteiger partial charge in [0, 0.05) is 31.7 Å². The molecule has 1 amide bonds. The zero-order valence-corrected chi connectivity index (χ0v) is 14.3. The standard InChI is InChI=1S/C19H26FNO3/c1-2-23-14-19-8-4-10-24-17(19)7-9-21(13-19)18(22)12-15-5-3-6-16(20)11-15/h3,5-6,11,17H,2,4,7-10,12-14H2,1H3/t17-,19-/m0/s1. The molecule has 2 atom stereocenters. The summed E-state index contributed by atoms with van der Waals surface area (Å²) in [6.07, 6.45) is 3.31. The summed E-state index contributed by atoms with van der Waals surface area (Å²) in [5, 5.41) is 0. The van der Waals surface area contributed by atoms with Gasteiger partial charge in [-0.15, -0.1) is 0 Å². The van der Waals surface area contributed by atoms with Crippen molar-refractivity contribution in [2.45, 2.75) is 38.7 Å². The zero-order chi connectivity index (χ0) is 17.0. The lowest BCUT2D eigenvalue weighted by Crippen LogP contribution is -2.58. The van der Waals surface area contributed by atoms with Crippen LogP contribution in [-0.4, -0.2) is 49.8 Å². The van der Waals surface area contributed by atoms with Gasteiger partial charge in [0.1, 0.15) is 5.82 Å². The van der Waals surface area contributed by atoms with Crippen molar-refractivity contribution >= 4 is 5.91 Å². The molecule has 2 heterocycles. The van der Waals surface area contributed by atoms with Crippen molar-refractivity contribution in [3.05, 3.63) is 35.6 Å². The van der Waals surface area contributed by atoms with Gasteiger partial charge in [-0.05, 0) is 43.9 Å². The molecule has 1 aromatic rings. The number of rotatable bonds is 5. The predicted octanol–water partition coefficient (Wildman–Crippen LogP) is 2.80. The third-order valence-corrected chi connectivity index (χ3v) is 5.18. The van der Waals surface area contributed by atoms with E-state index in [4.69, 9.17) is 9.47 Å². The SMILES string of the molecule is CCOC[C@@]12CCCO[C@H]1CCN(C(=O)Cc1cccc(F)c1)C2. The third-order valence-electron chi connectivity index (χ3n) is 5.18. The highest BCUT2D eigenvalue weighted by molar-refractivity contribution is 5.79. The molecule has 1 aromatic carbocycles. The fraction of sp³-hybridized carbons (Fsp3) is 0.632. The smallest absolute Gasteiger partial charge is 0.227 e. The summed E-state index contributed by atoms with van der Waals surface area (Å²) in [5.74, 6) is -0.243. The quantitative estimate of drug-likeness (QED) is 0.830. The first-order valence-electron chi connectivity index (χ1n) is 8.84. The molecule has 3 rings (SSSR count). The second kappa shape index (κ2) is 7.62. The van der Waals surface area contributed by atoms with E-state index in [0.29, 0.717) is 26.3 Å². The maximum atomic E-state index is 13.3. The Bertz CT molecular complexity index is 579. The monoisotopic (exact) mass is 335 g/mol. The lowest BCUT2D eigenvalue weighted by atomic mass is 9.73. The molecule has 4 nitrogen and oxygen atoms in total. The van der Waals surface area contributed by atoms with Crippen LogP contribution in [0, 0.1) is 11.2 Å². The molecule has 0 N–H and O–H groups in total. The van der Waals surface area contributed by atoms with E-state index in [-0.39, 0.29) is 29.7 Å². The van der Waals surface area contributed by atoms with E-state index in [9.17, 15) is 9.18 Å². The summed E-state index contributed by atoms with van der Waals surface area (Å²) in [6, 6.07) is 6.28. The van der Waals surface area contributed by atoms with Gasteiger partial charge in [-0.2, -0.15) is 0 Å². The maximum Gasteiger partial charge on any atom is 0.227 e. The van der Waals surface area contributed by atoms with Crippen LogP contribution in [0.25, 0.3) is 0 Å². The largest absolute Gasteiger partial charge is 0.381 e. The van der Waals surface area contributed by atoms with Crippen LogP contribution in [0.5, 0.6) is 0 Å². The van der Waals surface area contributed by atoms with Gasteiger partial charge in [0.25, 0.3) is 0 Å². The zero-order valence-electron chi connectivity index (χ0n) is 14.3. The molecule has 0 aromatic heterocycles. The van der Waals surface area contributed by atoms with Crippen LogP contribution in [-0.2, 0) is 20.7 Å². The van der Waals surface area contributed by atoms with Gasteiger partial charge in [0.05, 0.1) is 19.1 Å². The van der Waals surface area contributed by atoms with Crippen molar-refractivity contribution in [1.82, 2.24) is 4.90 Å². The number of carbonyl (C=O) groups is 1. The van der Waals surface area contributed by atoms with Gasteiger partial charge in [-0.25, -0.2) is 4.39 Å². The number of nitrogens with zero attached hydrogens (tertiary/aromatic N) is 1. The fourth-order valence-corrected chi connectivity index (χ4v) is 3.95. The molecule has 0 saturated carbocycles. The Hall–Kier alpha value is -1.46. The van der Waals surface area contributed by atoms with E-state index < -0.39 is 0 Å². The summed E-state index contributed by atoms with van der Waals surface area (Å²) in [7, 11) is 0. The Kier molecular flexibility index (Phi) is 5.51. The van der Waals surface area contributed by atoms with Crippen LogP contribution < -0.4 is 0 Å². The number of halogens is 1. The highest BCUT2D eigenvalue weighted by atomic mass is 19.1. The first kappa shape index (κ1) is 17.4. The molecular formula is C19H26FNO3. The van der Waals surface area contributed by atoms with Crippen LogP contribution in [0.2, 0.25) is 0 Å². The topological polar surface area (TPSA) is 38.8 Å². The van der Waals surface area contributed by atoms with Crippen molar-refractivity contribution in [2.75, 3.05) is 32.9 Å². The van der Waals surface area contributed by atoms with Crippen LogP contribution >= 0.6 is 0 Å². The summed E-state index contributed by atoms with van der Waals surface area (Å²) in [5.41, 5.74) is 0.630. The predicted molar refractivity (Wildman–Crippen MR) is 89.2 cm³/mol. The van der Waals surface area contributed by atoms with E-state index in [2.05, 4.69) is 0 Å². The lowest BCUT2D eigenvalue weighted by molar-refractivity contribution is -0.163. The minimum absolute atomic E-state index is 0.0560. The molecule has 0 radical (unpaired) electrons. The first-order chi connectivity index (χ1) is 11.6. The fourth-order valence-electron chi connectivity index (χ4n) is 3.95. The molecule has 0 spiro atoms. The van der Waals surface area contributed by atoms with Gasteiger partial charge < -0.3 is 14.4 Å². The van der Waals surface area contributed by atoms with E-state index in [1.54, 1.807) is 12.1 Å². The number of likely N-dealkylation sites (tertiary alicyclic amines) is 1. The molecule has 2 aliphatic rings. The Labute approximate surface area is 142 Å². The van der Waals surface area contributed by atoms with E-state index in [1.807, 2.05) is 11.8 Å². The number of amides is 1. The highest BCUT2D eigenvalue weighted by Gasteiger charge is 2.47. The molecular weight excluding hydrogens is 309 g/mol. The average molecular weight is 335 g/mol. The second-order valence-corrected chi connectivity index (χ2v) is 6.87. The van der Waals surface area contributed by atoms with Crippen LogP contribution in [0.4, 0.5) is 4.39 Å². The first-order valence-corrected chi connectivity index (χ1v) is 8.84. The van der Waals surface area contributed by atoms with Crippen molar-refractivity contribution < 1.29 is 18.7 Å². The molecule has 0 bridgehead atoms. The molecule has 2 fully saturated rings. The Morgan fingerprint density at radius 3 is 3.17 bits per heavy atom. The molecule has 0 aliphatic carbocycles.